The van der Waals surface area contributed by atoms with Crippen LogP contribution in [-0.2, 0) is 28.6 Å². The van der Waals surface area contributed by atoms with Gasteiger partial charge >= 0.3 is 17.9 Å². The van der Waals surface area contributed by atoms with Gasteiger partial charge in [0.05, 0.1) is 0 Å². The standard InChI is InChI=1S/C51H98O6/c1-5-7-9-11-13-15-16-19-23-27-30-34-38-42-49(52)55-45-48(57-51(54)44-40-36-32-25-14-12-10-8-6-2)46-56-50(53)43-39-35-31-28-24-21-18-17-20-22-26-29-33-37-41-47(3)4/h47-48H,5-46H2,1-4H3/t48-/m0/s1. The van der Waals surface area contributed by atoms with Crippen LogP contribution in [0.2, 0.25) is 0 Å². The van der Waals surface area contributed by atoms with Crippen LogP contribution in [0, 0.1) is 5.92 Å². The summed E-state index contributed by atoms with van der Waals surface area (Å²) in [6.45, 7) is 9.01. The molecule has 0 radical (unpaired) electrons. The Bertz CT molecular complexity index is 857. The van der Waals surface area contributed by atoms with Gasteiger partial charge in [0.25, 0.3) is 0 Å². The summed E-state index contributed by atoms with van der Waals surface area (Å²) in [6.07, 6.45) is 46.6. The summed E-state index contributed by atoms with van der Waals surface area (Å²) in [5.41, 5.74) is 0. The van der Waals surface area contributed by atoms with Crippen LogP contribution in [0.4, 0.5) is 0 Å². The number of carbonyl (C=O) groups is 3. The van der Waals surface area contributed by atoms with E-state index in [4.69, 9.17) is 14.2 Å². The van der Waals surface area contributed by atoms with Crippen molar-refractivity contribution in [2.75, 3.05) is 13.2 Å². The van der Waals surface area contributed by atoms with Gasteiger partial charge in [-0.15, -0.1) is 0 Å². The number of rotatable bonds is 46. The van der Waals surface area contributed by atoms with Crippen molar-refractivity contribution < 1.29 is 28.6 Å². The fourth-order valence-electron chi connectivity index (χ4n) is 7.69. The highest BCUT2D eigenvalue weighted by Crippen LogP contribution is 2.17. The molecule has 1 atom stereocenters. The Kier molecular flexibility index (Phi) is 44.2. The minimum absolute atomic E-state index is 0.0630. The first-order valence-electron chi connectivity index (χ1n) is 25.4. The second-order valence-electron chi connectivity index (χ2n) is 17.9. The van der Waals surface area contributed by atoms with Crippen LogP contribution < -0.4 is 0 Å². The first-order valence-corrected chi connectivity index (χ1v) is 25.4. The second-order valence-corrected chi connectivity index (χ2v) is 17.9. The van der Waals surface area contributed by atoms with Crippen LogP contribution in [0.25, 0.3) is 0 Å². The van der Waals surface area contributed by atoms with Crippen molar-refractivity contribution in [1.29, 1.82) is 0 Å². The molecule has 0 saturated carbocycles. The molecule has 0 saturated heterocycles. The Labute approximate surface area is 355 Å². The summed E-state index contributed by atoms with van der Waals surface area (Å²) < 4.78 is 16.8. The van der Waals surface area contributed by atoms with E-state index in [9.17, 15) is 14.4 Å². The summed E-state index contributed by atoms with van der Waals surface area (Å²) in [5.74, 6) is -0.00338. The topological polar surface area (TPSA) is 78.9 Å². The smallest absolute Gasteiger partial charge is 0.306 e. The predicted molar refractivity (Wildman–Crippen MR) is 243 cm³/mol. The van der Waals surface area contributed by atoms with E-state index >= 15 is 0 Å². The molecule has 0 aromatic rings. The number of unbranched alkanes of at least 4 members (excludes halogenated alkanes) is 33. The van der Waals surface area contributed by atoms with E-state index in [0.29, 0.717) is 19.3 Å². The highest BCUT2D eigenvalue weighted by molar-refractivity contribution is 5.71. The quantitative estimate of drug-likeness (QED) is 0.0346. The van der Waals surface area contributed by atoms with E-state index in [1.807, 2.05) is 0 Å². The Hall–Kier alpha value is -1.59. The number of ether oxygens (including phenoxy) is 3. The van der Waals surface area contributed by atoms with Crippen LogP contribution in [0.15, 0.2) is 0 Å². The number of hydrogen-bond acceptors (Lipinski definition) is 6. The van der Waals surface area contributed by atoms with Gasteiger partial charge in [-0.25, -0.2) is 0 Å². The lowest BCUT2D eigenvalue weighted by molar-refractivity contribution is -0.167. The molecule has 0 fully saturated rings. The van der Waals surface area contributed by atoms with Crippen molar-refractivity contribution in [3.63, 3.8) is 0 Å². The molecular weight excluding hydrogens is 709 g/mol. The molecule has 0 spiro atoms. The Morgan fingerprint density at radius 3 is 0.860 bits per heavy atom. The molecule has 0 amide bonds. The minimum Gasteiger partial charge on any atom is -0.462 e. The highest BCUT2D eigenvalue weighted by atomic mass is 16.6. The van der Waals surface area contributed by atoms with Gasteiger partial charge in [-0.05, 0) is 25.2 Å². The van der Waals surface area contributed by atoms with Gasteiger partial charge in [-0.3, -0.25) is 14.4 Å². The molecule has 338 valence electrons. The molecule has 6 heteroatoms. The third-order valence-corrected chi connectivity index (χ3v) is 11.5. The van der Waals surface area contributed by atoms with Gasteiger partial charge in [-0.2, -0.15) is 0 Å². The van der Waals surface area contributed by atoms with Gasteiger partial charge < -0.3 is 14.2 Å². The van der Waals surface area contributed by atoms with Crippen molar-refractivity contribution >= 4 is 17.9 Å². The van der Waals surface area contributed by atoms with Gasteiger partial charge in [0.15, 0.2) is 6.10 Å². The van der Waals surface area contributed by atoms with Crippen molar-refractivity contribution in [2.24, 2.45) is 5.92 Å². The summed E-state index contributed by atoms with van der Waals surface area (Å²) in [5, 5.41) is 0. The molecule has 0 heterocycles. The third kappa shape index (κ3) is 45.3. The maximum absolute atomic E-state index is 12.7. The molecule has 0 aliphatic rings. The van der Waals surface area contributed by atoms with Crippen LogP contribution in [0.3, 0.4) is 0 Å². The fourth-order valence-corrected chi connectivity index (χ4v) is 7.69. The zero-order valence-corrected chi connectivity index (χ0v) is 38.8. The number of hydrogen-bond donors (Lipinski definition) is 0. The molecule has 6 nitrogen and oxygen atoms in total. The van der Waals surface area contributed by atoms with Crippen LogP contribution in [0.5, 0.6) is 0 Å². The molecular formula is C51H98O6. The van der Waals surface area contributed by atoms with E-state index in [2.05, 4.69) is 27.7 Å². The Balaban J connectivity index is 4.23. The Morgan fingerprint density at radius 1 is 0.333 bits per heavy atom. The lowest BCUT2D eigenvalue weighted by Gasteiger charge is -2.18. The van der Waals surface area contributed by atoms with E-state index < -0.39 is 6.10 Å². The lowest BCUT2D eigenvalue weighted by Crippen LogP contribution is -2.30. The van der Waals surface area contributed by atoms with Crippen LogP contribution in [0.1, 0.15) is 285 Å². The van der Waals surface area contributed by atoms with Gasteiger partial charge in [0.1, 0.15) is 13.2 Å². The van der Waals surface area contributed by atoms with Crippen molar-refractivity contribution in [3.8, 4) is 0 Å². The van der Waals surface area contributed by atoms with Crippen LogP contribution in [-0.4, -0.2) is 37.2 Å². The first kappa shape index (κ1) is 55.4. The van der Waals surface area contributed by atoms with Crippen molar-refractivity contribution in [3.05, 3.63) is 0 Å². The first-order chi connectivity index (χ1) is 27.9. The average Bonchev–Trinajstić information content (AvgIpc) is 3.19. The molecule has 0 aromatic heterocycles. The SMILES string of the molecule is CCCCCCCCCCCCCCCC(=O)OC[C@@H](COC(=O)CCCCCCCCCCCCCCCCC(C)C)OC(=O)CCCCCCCCCCC. The summed E-state index contributed by atoms with van der Waals surface area (Å²) in [6, 6.07) is 0. The molecule has 0 rings (SSSR count). The summed E-state index contributed by atoms with van der Waals surface area (Å²) >= 11 is 0. The maximum atomic E-state index is 12.7. The zero-order valence-electron chi connectivity index (χ0n) is 38.8. The van der Waals surface area contributed by atoms with Crippen molar-refractivity contribution in [1.82, 2.24) is 0 Å². The van der Waals surface area contributed by atoms with E-state index in [1.54, 1.807) is 0 Å². The minimum atomic E-state index is -0.759. The van der Waals surface area contributed by atoms with E-state index in [1.165, 1.54) is 180 Å². The van der Waals surface area contributed by atoms with Gasteiger partial charge in [0, 0.05) is 19.3 Å². The van der Waals surface area contributed by atoms with E-state index in [0.717, 1.165) is 63.7 Å². The van der Waals surface area contributed by atoms with Crippen molar-refractivity contribution in [2.45, 2.75) is 291 Å². The molecule has 0 aliphatic carbocycles. The van der Waals surface area contributed by atoms with Crippen LogP contribution >= 0.6 is 0 Å². The second kappa shape index (κ2) is 45.5. The lowest BCUT2D eigenvalue weighted by atomic mass is 10.0. The largest absolute Gasteiger partial charge is 0.462 e. The molecule has 57 heavy (non-hydrogen) atoms. The van der Waals surface area contributed by atoms with Gasteiger partial charge in [-0.1, -0.05) is 246 Å². The number of carbonyl (C=O) groups excluding carboxylic acids is 3. The normalized spacial score (nSPS) is 11.9. The fraction of sp³-hybridized carbons (Fsp3) is 0.941. The Morgan fingerprint density at radius 2 is 0.579 bits per heavy atom. The maximum Gasteiger partial charge on any atom is 0.306 e. The molecule has 0 unspecified atom stereocenters. The molecule has 0 aliphatic heterocycles. The predicted octanol–water partition coefficient (Wildman–Crippen LogP) is 16.3. The highest BCUT2D eigenvalue weighted by Gasteiger charge is 2.19. The zero-order chi connectivity index (χ0) is 41.7. The van der Waals surface area contributed by atoms with E-state index in [-0.39, 0.29) is 31.1 Å². The van der Waals surface area contributed by atoms with Gasteiger partial charge in [0.2, 0.25) is 0 Å². The molecule has 0 aromatic carbocycles. The third-order valence-electron chi connectivity index (χ3n) is 11.5. The summed E-state index contributed by atoms with van der Waals surface area (Å²) in [4.78, 5) is 37.8. The molecule has 0 bridgehead atoms. The average molecular weight is 807 g/mol. The number of esters is 3. The monoisotopic (exact) mass is 807 g/mol. The molecule has 0 N–H and O–H groups in total. The summed E-state index contributed by atoms with van der Waals surface area (Å²) in [7, 11) is 0.